The van der Waals surface area contributed by atoms with Gasteiger partial charge >= 0.3 is 0 Å². The van der Waals surface area contributed by atoms with E-state index in [0.29, 0.717) is 11.4 Å². The fourth-order valence-corrected chi connectivity index (χ4v) is 2.75. The van der Waals surface area contributed by atoms with E-state index in [1.165, 1.54) is 10.6 Å². The van der Waals surface area contributed by atoms with E-state index in [1.807, 2.05) is 54.6 Å². The van der Waals surface area contributed by atoms with Gasteiger partial charge in [0.15, 0.2) is 5.75 Å². The summed E-state index contributed by atoms with van der Waals surface area (Å²) in [5.41, 5.74) is 22.6. The van der Waals surface area contributed by atoms with Crippen LogP contribution in [0.1, 0.15) is 1.43 Å². The molecule has 144 valence electrons. The predicted molar refractivity (Wildman–Crippen MR) is 115 cm³/mol. The first-order chi connectivity index (χ1) is 12.7. The maximum Gasteiger partial charge on any atom is 0.174 e. The van der Waals surface area contributed by atoms with Gasteiger partial charge in [-0.3, -0.25) is 5.43 Å². The van der Waals surface area contributed by atoms with E-state index in [-0.39, 0.29) is 7.58 Å². The molecule has 3 aromatic carbocycles. The minimum Gasteiger partial charge on any atom is -0.397 e. The molecular weight excluding hydrogens is 362 g/mol. The maximum absolute atomic E-state index is 5.39. The summed E-state index contributed by atoms with van der Waals surface area (Å²) in [7, 11) is 0. The molecular formula is C18H25N7OS. The van der Waals surface area contributed by atoms with Crippen LogP contribution in [0.25, 0.3) is 0 Å². The van der Waals surface area contributed by atoms with E-state index >= 15 is 0 Å². The molecule has 0 spiro atoms. The van der Waals surface area contributed by atoms with Crippen LogP contribution in [0.5, 0.6) is 5.75 Å². The van der Waals surface area contributed by atoms with Crippen LogP contribution in [0.2, 0.25) is 0 Å². The Kier molecular flexibility index (Phi) is 7.59. The average molecular weight is 388 g/mol. The van der Waals surface area contributed by atoms with Crippen molar-refractivity contribution in [3.63, 3.8) is 0 Å². The topological polar surface area (TPSA) is 144 Å². The van der Waals surface area contributed by atoms with Gasteiger partial charge in [0.2, 0.25) is 0 Å². The lowest BCUT2D eigenvalue weighted by Gasteiger charge is -1.94. The number of para-hydroxylation sites is 5. The maximum atomic E-state index is 5.39. The van der Waals surface area contributed by atoms with Gasteiger partial charge in [0, 0.05) is 6.32 Å². The molecule has 0 saturated heterocycles. The molecule has 0 atom stereocenters. The van der Waals surface area contributed by atoms with E-state index in [2.05, 4.69) is 27.3 Å². The normalized spacial score (nSPS) is 12.1. The van der Waals surface area contributed by atoms with Crippen molar-refractivity contribution in [1.82, 2.24) is 16.6 Å². The van der Waals surface area contributed by atoms with E-state index in [0.717, 1.165) is 11.4 Å². The zero-order valence-electron chi connectivity index (χ0n) is 14.6. The third-order valence-corrected chi connectivity index (χ3v) is 4.24. The molecule has 11 N–H and O–H groups in total. The Morgan fingerprint density at radius 3 is 1.96 bits per heavy atom. The standard InChI is InChI=1S/C6H6N2O.C6H6N2S.C6H8N2.H3N.H2/c2*1-2-4-6-5(3-1)7-8-9-6;7-5-3-1-2-4-6(5)8;;/h2*1-4,7-8H;1-4H,7-8H2;1H3;1H. The summed E-state index contributed by atoms with van der Waals surface area (Å²) in [6.07, 6.45) is 0. The highest BCUT2D eigenvalue weighted by atomic mass is 32.2. The lowest BCUT2D eigenvalue weighted by Crippen LogP contribution is -2.16. The number of hydrogen-bond donors (Lipinski definition) is 7. The van der Waals surface area contributed by atoms with Gasteiger partial charge in [0.05, 0.1) is 22.7 Å². The summed E-state index contributed by atoms with van der Waals surface area (Å²) in [4.78, 5) is 9.15. The highest BCUT2D eigenvalue weighted by molar-refractivity contribution is 7.98. The third-order valence-electron chi connectivity index (χ3n) is 3.46. The molecule has 0 unspecified atom stereocenters. The number of nitrogens with two attached hydrogens (primary N) is 2. The summed E-state index contributed by atoms with van der Waals surface area (Å²) < 4.78 is 0. The quantitative estimate of drug-likeness (QED) is 0.226. The monoisotopic (exact) mass is 387 g/mol. The Labute approximate surface area is 163 Å². The Morgan fingerprint density at radius 1 is 0.741 bits per heavy atom. The molecule has 27 heavy (non-hydrogen) atoms. The highest BCUT2D eigenvalue weighted by Crippen LogP contribution is 2.28. The number of rotatable bonds is 0. The fourth-order valence-electron chi connectivity index (χ4n) is 2.10. The van der Waals surface area contributed by atoms with E-state index in [9.17, 15) is 0 Å². The molecule has 0 radical (unpaired) electrons. The number of nitrogen functional groups attached to an aromatic ring is 2. The molecule has 0 aromatic heterocycles. The van der Waals surface area contributed by atoms with Crippen molar-refractivity contribution in [3.8, 4) is 5.75 Å². The first kappa shape index (κ1) is 20.2. The van der Waals surface area contributed by atoms with Crippen molar-refractivity contribution in [2.45, 2.75) is 4.90 Å². The van der Waals surface area contributed by atoms with E-state index in [4.69, 9.17) is 16.3 Å². The van der Waals surface area contributed by atoms with Crippen molar-refractivity contribution >= 4 is 34.7 Å². The smallest absolute Gasteiger partial charge is 0.174 e. The molecule has 2 aliphatic heterocycles. The highest BCUT2D eigenvalue weighted by Gasteiger charge is 2.07. The average Bonchev–Trinajstić information content (AvgIpc) is 3.34. The third kappa shape index (κ3) is 5.69. The second kappa shape index (κ2) is 10.1. The molecule has 8 nitrogen and oxygen atoms in total. The Bertz CT molecular complexity index is 752. The van der Waals surface area contributed by atoms with Crippen molar-refractivity contribution in [3.05, 3.63) is 72.8 Å². The first-order valence-corrected chi connectivity index (χ1v) is 8.69. The molecule has 0 bridgehead atoms. The molecule has 9 heteroatoms. The van der Waals surface area contributed by atoms with Crippen LogP contribution in [0.4, 0.5) is 22.7 Å². The van der Waals surface area contributed by atoms with Crippen LogP contribution < -0.4 is 43.7 Å². The van der Waals surface area contributed by atoms with Gasteiger partial charge in [-0.2, -0.15) is 4.83 Å². The van der Waals surface area contributed by atoms with Gasteiger partial charge in [0.25, 0.3) is 0 Å². The van der Waals surface area contributed by atoms with Gasteiger partial charge in [-0.25, -0.2) is 0 Å². The molecule has 0 saturated carbocycles. The number of benzene rings is 3. The number of hydrazine groups is 2. The molecule has 2 aliphatic rings. The minimum atomic E-state index is 0. The van der Waals surface area contributed by atoms with Gasteiger partial charge in [-0.15, -0.1) is 0 Å². The molecule has 0 amide bonds. The van der Waals surface area contributed by atoms with Crippen molar-refractivity contribution in [2.24, 2.45) is 0 Å². The fraction of sp³-hybridized carbons (Fsp3) is 0. The number of anilines is 4. The summed E-state index contributed by atoms with van der Waals surface area (Å²) in [6, 6.07) is 23.1. The van der Waals surface area contributed by atoms with E-state index < -0.39 is 0 Å². The first-order valence-electron chi connectivity index (χ1n) is 7.88. The van der Waals surface area contributed by atoms with Crippen LogP contribution in [0.15, 0.2) is 77.7 Å². The van der Waals surface area contributed by atoms with Crippen LogP contribution in [0, 0.1) is 0 Å². The molecule has 0 fully saturated rings. The molecule has 3 aromatic rings. The van der Waals surface area contributed by atoms with Crippen molar-refractivity contribution in [2.75, 3.05) is 22.3 Å². The SMILES string of the molecule is N.Nc1ccccc1N.[HH].c1ccc2c(c1)NNO2.c1ccc2c(c1)NNS2. The van der Waals surface area contributed by atoms with Crippen LogP contribution in [-0.2, 0) is 0 Å². The largest absolute Gasteiger partial charge is 0.397 e. The number of hydrogen-bond acceptors (Lipinski definition) is 9. The van der Waals surface area contributed by atoms with Gasteiger partial charge in [-0.05, 0) is 48.3 Å². The van der Waals surface area contributed by atoms with Gasteiger partial charge in [0.1, 0.15) is 0 Å². The van der Waals surface area contributed by atoms with Crippen molar-refractivity contribution in [1.29, 1.82) is 0 Å². The number of fused-ring (bicyclic) bond motifs is 2. The minimum absolute atomic E-state index is 0. The molecule has 2 heterocycles. The van der Waals surface area contributed by atoms with Gasteiger partial charge < -0.3 is 27.9 Å². The zero-order valence-corrected chi connectivity index (χ0v) is 15.4. The molecule has 0 aliphatic carbocycles. The van der Waals surface area contributed by atoms with Gasteiger partial charge in [-0.1, -0.05) is 42.0 Å². The Morgan fingerprint density at radius 2 is 1.33 bits per heavy atom. The zero-order chi connectivity index (χ0) is 18.2. The predicted octanol–water partition coefficient (Wildman–Crippen LogP) is 3.79. The summed E-state index contributed by atoms with van der Waals surface area (Å²) in [6.45, 7) is 0. The summed E-state index contributed by atoms with van der Waals surface area (Å²) in [5, 5.41) is 0. The summed E-state index contributed by atoms with van der Waals surface area (Å²) >= 11 is 1.61. The Hall–Kier alpha value is -3.11. The summed E-state index contributed by atoms with van der Waals surface area (Å²) in [5.74, 6) is 0.845. The van der Waals surface area contributed by atoms with E-state index in [1.54, 1.807) is 24.1 Å². The lowest BCUT2D eigenvalue weighted by atomic mass is 10.3. The number of nitrogens with one attached hydrogen (secondary N) is 4. The molecule has 5 rings (SSSR count). The van der Waals surface area contributed by atoms with Crippen LogP contribution in [0.3, 0.4) is 0 Å². The second-order valence-corrected chi connectivity index (χ2v) is 6.13. The van der Waals surface area contributed by atoms with Crippen LogP contribution in [-0.4, -0.2) is 0 Å². The van der Waals surface area contributed by atoms with Crippen LogP contribution >= 0.6 is 11.9 Å². The Balaban J connectivity index is 0.000000203. The van der Waals surface area contributed by atoms with Crippen molar-refractivity contribution < 1.29 is 6.26 Å². The second-order valence-electron chi connectivity index (χ2n) is 5.28. The lowest BCUT2D eigenvalue weighted by molar-refractivity contribution is 0.247.